The lowest BCUT2D eigenvalue weighted by Gasteiger charge is -2.28. The fourth-order valence-electron chi connectivity index (χ4n) is 4.18. The molecule has 0 saturated carbocycles. The van der Waals surface area contributed by atoms with Crippen LogP contribution in [-0.2, 0) is 28.9 Å². The Bertz CT molecular complexity index is 1310. The number of thioether (sulfide) groups is 1. The second-order valence-electron chi connectivity index (χ2n) is 8.87. The van der Waals surface area contributed by atoms with Crippen molar-refractivity contribution in [3.8, 4) is 0 Å². The number of hydrogen-bond acceptors (Lipinski definition) is 8. The largest absolute Gasteiger partial charge is 0.450 e. The molecule has 11 heteroatoms. The molecule has 2 N–H and O–H groups in total. The van der Waals surface area contributed by atoms with Gasteiger partial charge in [-0.05, 0) is 61.7 Å². The highest BCUT2D eigenvalue weighted by Gasteiger charge is 2.20. The molecule has 3 aromatic rings. The number of furan rings is 1. The Labute approximate surface area is 234 Å². The second kappa shape index (κ2) is 12.7. The van der Waals surface area contributed by atoms with E-state index < -0.39 is 5.91 Å². The van der Waals surface area contributed by atoms with Gasteiger partial charge >= 0.3 is 0 Å². The van der Waals surface area contributed by atoms with E-state index in [1.54, 1.807) is 47.7 Å². The Hall–Kier alpha value is -2.99. The maximum Gasteiger partial charge on any atom is 0.268 e. The van der Waals surface area contributed by atoms with Crippen LogP contribution in [-0.4, -0.2) is 52.3 Å². The van der Waals surface area contributed by atoms with Gasteiger partial charge in [0.1, 0.15) is 20.8 Å². The van der Waals surface area contributed by atoms with Crippen molar-refractivity contribution >= 4 is 57.5 Å². The quantitative estimate of drug-likeness (QED) is 0.246. The third kappa shape index (κ3) is 6.90. The van der Waals surface area contributed by atoms with Crippen LogP contribution in [0.25, 0.3) is 6.08 Å². The number of nitrogens with one attached hydrogen (secondary N) is 2. The molecule has 1 aromatic carbocycles. The van der Waals surface area contributed by atoms with Crippen LogP contribution in [0.4, 0.5) is 0 Å². The zero-order chi connectivity index (χ0) is 26.3. The molecule has 8 nitrogen and oxygen atoms in total. The fraction of sp³-hybridized carbons (Fsp3) is 0.333. The Morgan fingerprint density at radius 2 is 1.89 bits per heavy atom. The number of aromatic nitrogens is 1. The summed E-state index contributed by atoms with van der Waals surface area (Å²) in [4.78, 5) is 34.2. The number of nitrogens with zero attached hydrogens (tertiary/aromatic N) is 2. The Kier molecular flexibility index (Phi) is 8.90. The van der Waals surface area contributed by atoms with E-state index in [4.69, 9.17) is 26.4 Å². The third-order valence-corrected chi connectivity index (χ3v) is 8.68. The summed E-state index contributed by atoms with van der Waals surface area (Å²) in [6.07, 6.45) is 5.91. The number of ether oxygens (including phenoxy) is 1. The summed E-state index contributed by atoms with van der Waals surface area (Å²) in [7, 11) is 0. The molecule has 198 valence electrons. The number of benzene rings is 1. The predicted molar refractivity (Wildman–Crippen MR) is 152 cm³/mol. The first-order valence-corrected chi connectivity index (χ1v) is 14.6. The smallest absolute Gasteiger partial charge is 0.268 e. The molecule has 0 bridgehead atoms. The molecule has 2 amide bonds. The van der Waals surface area contributed by atoms with E-state index in [0.717, 1.165) is 43.1 Å². The van der Waals surface area contributed by atoms with Crippen molar-refractivity contribution in [2.45, 2.75) is 37.3 Å². The van der Waals surface area contributed by atoms with Crippen LogP contribution >= 0.6 is 35.3 Å². The van der Waals surface area contributed by atoms with E-state index in [9.17, 15) is 9.59 Å². The lowest BCUT2D eigenvalue weighted by molar-refractivity contribution is -0.117. The summed E-state index contributed by atoms with van der Waals surface area (Å²) >= 11 is 8.55. The molecule has 2 aliphatic rings. The molecule has 2 aromatic heterocycles. The highest BCUT2D eigenvalue weighted by molar-refractivity contribution is 8.22. The average Bonchev–Trinajstić information content (AvgIpc) is 3.58. The van der Waals surface area contributed by atoms with Crippen molar-refractivity contribution in [2.24, 2.45) is 0 Å². The Morgan fingerprint density at radius 3 is 2.68 bits per heavy atom. The molecule has 0 atom stereocenters. The van der Waals surface area contributed by atoms with E-state index in [1.165, 1.54) is 29.1 Å². The van der Waals surface area contributed by atoms with Gasteiger partial charge < -0.3 is 24.7 Å². The molecule has 0 spiro atoms. The van der Waals surface area contributed by atoms with Crippen LogP contribution in [0.1, 0.15) is 44.5 Å². The normalized spacial score (nSPS) is 15.6. The number of morpholine rings is 1. The first-order valence-electron chi connectivity index (χ1n) is 12.5. The molecule has 1 aliphatic carbocycles. The van der Waals surface area contributed by atoms with Crippen molar-refractivity contribution in [3.05, 3.63) is 75.1 Å². The van der Waals surface area contributed by atoms with Crippen molar-refractivity contribution < 1.29 is 18.7 Å². The summed E-state index contributed by atoms with van der Waals surface area (Å²) < 4.78 is 12.0. The lowest BCUT2D eigenvalue weighted by atomic mass is 10.0. The minimum atomic E-state index is -0.420. The third-order valence-electron chi connectivity index (χ3n) is 6.16. The van der Waals surface area contributed by atoms with Gasteiger partial charge in [-0.25, -0.2) is 4.98 Å². The molecule has 0 radical (unpaired) electrons. The fourth-order valence-corrected chi connectivity index (χ4v) is 6.46. The van der Waals surface area contributed by atoms with Crippen LogP contribution in [0.15, 0.2) is 57.7 Å². The van der Waals surface area contributed by atoms with Crippen LogP contribution < -0.4 is 10.6 Å². The van der Waals surface area contributed by atoms with Crippen LogP contribution in [0.3, 0.4) is 0 Å². The maximum atomic E-state index is 13.2. The van der Waals surface area contributed by atoms with Gasteiger partial charge in [-0.2, -0.15) is 0 Å². The number of fused-ring (bicyclic) bond motifs is 1. The highest BCUT2D eigenvalue weighted by atomic mass is 32.2. The van der Waals surface area contributed by atoms with Gasteiger partial charge in [0.25, 0.3) is 11.8 Å². The molecular weight excluding hydrogens is 541 g/mol. The zero-order valence-electron chi connectivity index (χ0n) is 20.7. The SMILES string of the molecule is O=C(NCc1nc2c(s1)CCCC2)C(=Cc1ccc(SC(=S)N2CCOCC2)o1)NC(=O)c1ccccc1. The van der Waals surface area contributed by atoms with Gasteiger partial charge in [-0.3, -0.25) is 9.59 Å². The maximum absolute atomic E-state index is 13.2. The highest BCUT2D eigenvalue weighted by Crippen LogP contribution is 2.27. The van der Waals surface area contributed by atoms with Gasteiger partial charge in [0.15, 0.2) is 5.09 Å². The van der Waals surface area contributed by atoms with Crippen molar-refractivity contribution in [2.75, 3.05) is 26.3 Å². The summed E-state index contributed by atoms with van der Waals surface area (Å²) in [5, 5.41) is 7.13. The summed E-state index contributed by atoms with van der Waals surface area (Å²) in [6, 6.07) is 12.3. The molecule has 3 heterocycles. The van der Waals surface area contributed by atoms with E-state index in [2.05, 4.69) is 15.5 Å². The summed E-state index contributed by atoms with van der Waals surface area (Å²) in [5.41, 5.74) is 1.68. The number of thiazole rings is 1. The van der Waals surface area contributed by atoms with Gasteiger partial charge in [-0.15, -0.1) is 11.3 Å². The topological polar surface area (TPSA) is 96.7 Å². The predicted octanol–water partition coefficient (Wildman–Crippen LogP) is 4.41. The first-order chi connectivity index (χ1) is 18.5. The molecule has 38 heavy (non-hydrogen) atoms. The molecule has 1 saturated heterocycles. The number of hydrogen-bond donors (Lipinski definition) is 2. The van der Waals surface area contributed by atoms with Crippen molar-refractivity contribution in [1.82, 2.24) is 20.5 Å². The molecule has 1 aliphatic heterocycles. The Morgan fingerprint density at radius 1 is 1.11 bits per heavy atom. The number of thiocarbonyl (C=S) groups is 1. The standard InChI is InChI=1S/C27H28N4O4S3/c32-25(18-6-2-1-3-7-18)30-21(26(33)28-17-23-29-20-8-4-5-9-22(20)37-23)16-19-10-11-24(35-19)38-27(36)31-12-14-34-15-13-31/h1-3,6-7,10-11,16H,4-5,8-9,12-15,17H2,(H,28,33)(H,30,32). The number of aryl methyl sites for hydroxylation is 2. The molecule has 1 fully saturated rings. The average molecular weight is 569 g/mol. The Balaban J connectivity index is 1.29. The summed E-state index contributed by atoms with van der Waals surface area (Å²) in [6.45, 7) is 3.09. The lowest BCUT2D eigenvalue weighted by Crippen LogP contribution is -2.38. The van der Waals surface area contributed by atoms with E-state index in [-0.39, 0.29) is 11.6 Å². The summed E-state index contributed by atoms with van der Waals surface area (Å²) in [5.74, 6) is -0.372. The molecular formula is C27H28N4O4S3. The molecule has 5 rings (SSSR count). The van der Waals surface area contributed by atoms with Crippen LogP contribution in [0, 0.1) is 0 Å². The number of carbonyl (C=O) groups excluding carboxylic acids is 2. The van der Waals surface area contributed by atoms with Crippen molar-refractivity contribution in [1.29, 1.82) is 0 Å². The van der Waals surface area contributed by atoms with Crippen molar-refractivity contribution in [3.63, 3.8) is 0 Å². The van der Waals surface area contributed by atoms with Gasteiger partial charge in [-0.1, -0.05) is 30.4 Å². The number of amides is 2. The van der Waals surface area contributed by atoms with Gasteiger partial charge in [0.05, 0.1) is 25.5 Å². The first kappa shape index (κ1) is 26.6. The minimum absolute atomic E-state index is 0.0850. The van der Waals surface area contributed by atoms with Gasteiger partial charge in [0.2, 0.25) is 0 Å². The minimum Gasteiger partial charge on any atom is -0.450 e. The monoisotopic (exact) mass is 568 g/mol. The number of carbonyl (C=O) groups is 2. The van der Waals surface area contributed by atoms with E-state index in [0.29, 0.717) is 40.5 Å². The van der Waals surface area contributed by atoms with E-state index in [1.807, 2.05) is 6.07 Å². The zero-order valence-corrected chi connectivity index (χ0v) is 23.2. The number of rotatable bonds is 7. The van der Waals surface area contributed by atoms with E-state index >= 15 is 0 Å². The van der Waals surface area contributed by atoms with Crippen LogP contribution in [0.5, 0.6) is 0 Å². The van der Waals surface area contributed by atoms with Crippen LogP contribution in [0.2, 0.25) is 0 Å². The van der Waals surface area contributed by atoms with Gasteiger partial charge in [0, 0.05) is 29.6 Å². The molecule has 0 unspecified atom stereocenters. The second-order valence-corrected chi connectivity index (χ2v) is 11.7.